The molecule has 0 saturated heterocycles. The van der Waals surface area contributed by atoms with Crippen molar-refractivity contribution in [2.45, 2.75) is 58.9 Å². The second-order valence-electron chi connectivity index (χ2n) is 6.69. The highest BCUT2D eigenvalue weighted by Gasteiger charge is 2.34. The Balaban J connectivity index is 1.94. The van der Waals surface area contributed by atoms with Crippen LogP contribution in [-0.4, -0.2) is 11.9 Å². The van der Waals surface area contributed by atoms with Crippen molar-refractivity contribution >= 4 is 17.2 Å². The number of carbonyl (C=O) groups is 1. The lowest BCUT2D eigenvalue weighted by atomic mass is 9.69. The molecular weight excluding hydrogens is 254 g/mol. The molecule has 19 heavy (non-hydrogen) atoms. The van der Waals surface area contributed by atoms with Gasteiger partial charge in [-0.2, -0.15) is 0 Å². The van der Waals surface area contributed by atoms with Crippen molar-refractivity contribution in [3.63, 3.8) is 0 Å². The molecule has 0 bridgehead atoms. The quantitative estimate of drug-likeness (QED) is 0.890. The number of carbonyl (C=O) groups excluding carboxylic acids is 1. The standard InChI is InChI=1S/C16H25NOS/c1-16(2,3)13-8-4-5-9-14(13)17-15(18)11-12-7-6-10-19-12/h6-7,10,13-14H,4-5,8-9,11H2,1-3H3,(H,17,18)/t13-,14+/m0/s1. The van der Waals surface area contributed by atoms with Crippen LogP contribution < -0.4 is 5.32 Å². The van der Waals surface area contributed by atoms with Crippen molar-refractivity contribution < 1.29 is 4.79 Å². The van der Waals surface area contributed by atoms with Crippen molar-refractivity contribution in [3.05, 3.63) is 22.4 Å². The molecule has 3 heteroatoms. The maximum Gasteiger partial charge on any atom is 0.225 e. The maximum atomic E-state index is 12.1. The van der Waals surface area contributed by atoms with Gasteiger partial charge in [0.2, 0.25) is 5.91 Å². The molecule has 0 radical (unpaired) electrons. The summed E-state index contributed by atoms with van der Waals surface area (Å²) in [5.74, 6) is 0.789. The third kappa shape index (κ3) is 4.07. The molecule has 0 spiro atoms. The first-order valence-corrected chi connectivity index (χ1v) is 8.16. The Labute approximate surface area is 120 Å². The molecule has 2 atom stereocenters. The van der Waals surface area contributed by atoms with Gasteiger partial charge in [0, 0.05) is 10.9 Å². The van der Waals surface area contributed by atoms with E-state index < -0.39 is 0 Å². The Morgan fingerprint density at radius 3 is 2.74 bits per heavy atom. The molecule has 1 aromatic heterocycles. The SMILES string of the molecule is CC(C)(C)[C@H]1CCCC[C@H]1NC(=O)Cc1cccs1. The zero-order valence-electron chi connectivity index (χ0n) is 12.2. The summed E-state index contributed by atoms with van der Waals surface area (Å²) < 4.78 is 0. The molecule has 2 nitrogen and oxygen atoms in total. The smallest absolute Gasteiger partial charge is 0.225 e. The van der Waals surface area contributed by atoms with E-state index in [4.69, 9.17) is 0 Å². The third-order valence-corrected chi connectivity index (χ3v) is 5.02. The number of amides is 1. The molecule has 1 saturated carbocycles. The molecule has 1 heterocycles. The zero-order valence-corrected chi connectivity index (χ0v) is 13.1. The van der Waals surface area contributed by atoms with Crippen LogP contribution in [0.15, 0.2) is 17.5 Å². The number of rotatable bonds is 3. The van der Waals surface area contributed by atoms with E-state index in [0.717, 1.165) is 11.3 Å². The minimum atomic E-state index is 0.184. The molecule has 0 unspecified atom stereocenters. The monoisotopic (exact) mass is 279 g/mol. The number of nitrogens with one attached hydrogen (secondary N) is 1. The van der Waals surface area contributed by atoms with Crippen molar-refractivity contribution in [1.82, 2.24) is 5.32 Å². The largest absolute Gasteiger partial charge is 0.353 e. The van der Waals surface area contributed by atoms with Crippen LogP contribution in [-0.2, 0) is 11.2 Å². The van der Waals surface area contributed by atoms with E-state index in [1.54, 1.807) is 11.3 Å². The first kappa shape index (κ1) is 14.6. The predicted octanol–water partition coefficient (Wildman–Crippen LogP) is 4.01. The van der Waals surface area contributed by atoms with E-state index >= 15 is 0 Å². The lowest BCUT2D eigenvalue weighted by Gasteiger charge is -2.40. The lowest BCUT2D eigenvalue weighted by molar-refractivity contribution is -0.122. The fourth-order valence-corrected chi connectivity index (χ4v) is 3.87. The Hall–Kier alpha value is -0.830. The normalized spacial score (nSPS) is 24.2. The van der Waals surface area contributed by atoms with Gasteiger partial charge in [-0.3, -0.25) is 4.79 Å². The average molecular weight is 279 g/mol. The molecule has 1 N–H and O–H groups in total. The molecule has 1 aliphatic carbocycles. The third-order valence-electron chi connectivity index (χ3n) is 4.14. The predicted molar refractivity (Wildman–Crippen MR) is 81.4 cm³/mol. The van der Waals surface area contributed by atoms with Gasteiger partial charge in [0.05, 0.1) is 6.42 Å². The van der Waals surface area contributed by atoms with Gasteiger partial charge < -0.3 is 5.32 Å². The minimum Gasteiger partial charge on any atom is -0.353 e. The van der Waals surface area contributed by atoms with Crippen LogP contribution in [0.1, 0.15) is 51.3 Å². The van der Waals surface area contributed by atoms with Crippen LogP contribution in [0.4, 0.5) is 0 Å². The summed E-state index contributed by atoms with van der Waals surface area (Å²) in [7, 11) is 0. The van der Waals surface area contributed by atoms with E-state index in [2.05, 4.69) is 26.1 Å². The summed E-state index contributed by atoms with van der Waals surface area (Å²) in [6.45, 7) is 6.88. The molecule has 1 aromatic rings. The Bertz CT molecular complexity index is 405. The summed E-state index contributed by atoms with van der Waals surface area (Å²) in [5, 5.41) is 5.31. The van der Waals surface area contributed by atoms with Gasteiger partial charge in [0.15, 0.2) is 0 Å². The first-order chi connectivity index (χ1) is 8.97. The highest BCUT2D eigenvalue weighted by molar-refractivity contribution is 7.10. The molecule has 0 aromatic carbocycles. The van der Waals surface area contributed by atoms with E-state index in [0.29, 0.717) is 18.4 Å². The Morgan fingerprint density at radius 1 is 1.37 bits per heavy atom. The first-order valence-electron chi connectivity index (χ1n) is 7.28. The van der Waals surface area contributed by atoms with Gasteiger partial charge in [-0.15, -0.1) is 11.3 Å². The van der Waals surface area contributed by atoms with Crippen LogP contribution in [0.3, 0.4) is 0 Å². The summed E-state index contributed by atoms with van der Waals surface area (Å²) >= 11 is 1.66. The van der Waals surface area contributed by atoms with E-state index in [9.17, 15) is 4.79 Å². The summed E-state index contributed by atoms with van der Waals surface area (Å²) in [6, 6.07) is 4.40. The van der Waals surface area contributed by atoms with Gasteiger partial charge in [-0.05, 0) is 35.6 Å². The van der Waals surface area contributed by atoms with Gasteiger partial charge in [-0.25, -0.2) is 0 Å². The van der Waals surface area contributed by atoms with E-state index in [1.807, 2.05) is 17.5 Å². The van der Waals surface area contributed by atoms with Crippen LogP contribution in [0.2, 0.25) is 0 Å². The van der Waals surface area contributed by atoms with Gasteiger partial charge in [0.25, 0.3) is 0 Å². The molecule has 1 fully saturated rings. The molecule has 1 aliphatic rings. The highest BCUT2D eigenvalue weighted by Crippen LogP contribution is 2.38. The van der Waals surface area contributed by atoms with E-state index in [-0.39, 0.29) is 11.3 Å². The van der Waals surface area contributed by atoms with Gasteiger partial charge in [0.1, 0.15) is 0 Å². The van der Waals surface area contributed by atoms with E-state index in [1.165, 1.54) is 19.3 Å². The Kier molecular flexibility index (Phi) is 4.67. The summed E-state index contributed by atoms with van der Waals surface area (Å²) in [5.41, 5.74) is 0.279. The van der Waals surface area contributed by atoms with Crippen molar-refractivity contribution in [3.8, 4) is 0 Å². The minimum absolute atomic E-state index is 0.184. The molecule has 106 valence electrons. The lowest BCUT2D eigenvalue weighted by Crippen LogP contribution is -2.47. The van der Waals surface area contributed by atoms with Crippen molar-refractivity contribution in [2.75, 3.05) is 0 Å². The van der Waals surface area contributed by atoms with Gasteiger partial charge in [-0.1, -0.05) is 39.7 Å². The number of hydrogen-bond acceptors (Lipinski definition) is 2. The fourth-order valence-electron chi connectivity index (χ4n) is 3.17. The maximum absolute atomic E-state index is 12.1. The fraction of sp³-hybridized carbons (Fsp3) is 0.688. The molecule has 1 amide bonds. The molecular formula is C16H25NOS. The topological polar surface area (TPSA) is 29.1 Å². The highest BCUT2D eigenvalue weighted by atomic mass is 32.1. The zero-order chi connectivity index (χ0) is 13.9. The second kappa shape index (κ2) is 6.08. The van der Waals surface area contributed by atoms with Gasteiger partial charge >= 0.3 is 0 Å². The summed E-state index contributed by atoms with van der Waals surface area (Å²) in [4.78, 5) is 13.3. The van der Waals surface area contributed by atoms with Crippen LogP contribution in [0.5, 0.6) is 0 Å². The summed E-state index contributed by atoms with van der Waals surface area (Å²) in [6.07, 6.45) is 5.46. The van der Waals surface area contributed by atoms with Crippen LogP contribution >= 0.6 is 11.3 Å². The van der Waals surface area contributed by atoms with Crippen molar-refractivity contribution in [2.24, 2.45) is 11.3 Å². The Morgan fingerprint density at radius 2 is 2.11 bits per heavy atom. The van der Waals surface area contributed by atoms with Crippen LogP contribution in [0, 0.1) is 11.3 Å². The van der Waals surface area contributed by atoms with Crippen LogP contribution in [0.25, 0.3) is 0 Å². The molecule has 2 rings (SSSR count). The van der Waals surface area contributed by atoms with Crippen molar-refractivity contribution in [1.29, 1.82) is 0 Å². The number of thiophene rings is 1. The second-order valence-corrected chi connectivity index (χ2v) is 7.72. The molecule has 0 aliphatic heterocycles. The average Bonchev–Trinajstić information content (AvgIpc) is 2.81. The number of hydrogen-bond donors (Lipinski definition) is 1.